The number of para-hydroxylation sites is 1. The number of hydrogen-bond donors (Lipinski definition) is 2. The van der Waals surface area contributed by atoms with Gasteiger partial charge in [0, 0.05) is 12.2 Å². The van der Waals surface area contributed by atoms with Gasteiger partial charge in [-0.1, -0.05) is 17.7 Å². The van der Waals surface area contributed by atoms with Gasteiger partial charge in [-0.05, 0) is 37.3 Å². The summed E-state index contributed by atoms with van der Waals surface area (Å²) >= 11 is 5.61. The maximum absolute atomic E-state index is 13.4. The molecule has 21 heavy (non-hydrogen) atoms. The van der Waals surface area contributed by atoms with Gasteiger partial charge in [0.15, 0.2) is 0 Å². The molecule has 0 heterocycles. The summed E-state index contributed by atoms with van der Waals surface area (Å²) in [7, 11) is 0. The summed E-state index contributed by atoms with van der Waals surface area (Å²) in [5, 5.41) is 17.0. The molecule has 0 aliphatic rings. The molecule has 0 fully saturated rings. The second kappa shape index (κ2) is 6.41. The molecular weight excluding hydrogens is 297 g/mol. The summed E-state index contributed by atoms with van der Waals surface area (Å²) in [6.45, 7) is 2.40. The minimum absolute atomic E-state index is 0.00329. The van der Waals surface area contributed by atoms with Gasteiger partial charge < -0.3 is 10.6 Å². The average molecular weight is 310 g/mol. The van der Waals surface area contributed by atoms with Crippen LogP contribution in [0.25, 0.3) is 0 Å². The highest BCUT2D eigenvalue weighted by Gasteiger charge is 2.19. The van der Waals surface area contributed by atoms with Crippen molar-refractivity contribution in [3.8, 4) is 0 Å². The van der Waals surface area contributed by atoms with E-state index < -0.39 is 10.7 Å². The van der Waals surface area contributed by atoms with E-state index in [2.05, 4.69) is 10.6 Å². The van der Waals surface area contributed by atoms with Crippen molar-refractivity contribution in [2.45, 2.75) is 6.92 Å². The van der Waals surface area contributed by atoms with Crippen LogP contribution in [0.5, 0.6) is 0 Å². The summed E-state index contributed by atoms with van der Waals surface area (Å²) in [6.07, 6.45) is 0. The third-order valence-corrected chi connectivity index (χ3v) is 3.09. The summed E-state index contributed by atoms with van der Waals surface area (Å²) in [5.41, 5.74) is 0.977. The van der Waals surface area contributed by atoms with Crippen LogP contribution in [-0.4, -0.2) is 11.5 Å². The van der Waals surface area contributed by atoms with Gasteiger partial charge in [-0.2, -0.15) is 0 Å². The minimum Gasteiger partial charge on any atom is -0.380 e. The number of halogens is 2. The van der Waals surface area contributed by atoms with E-state index in [1.165, 1.54) is 12.1 Å². The van der Waals surface area contributed by atoms with Gasteiger partial charge in [0.05, 0.1) is 9.95 Å². The van der Waals surface area contributed by atoms with E-state index in [-0.39, 0.29) is 16.4 Å². The van der Waals surface area contributed by atoms with E-state index in [1.54, 1.807) is 24.3 Å². The van der Waals surface area contributed by atoms with Crippen molar-refractivity contribution in [1.82, 2.24) is 0 Å². The predicted octanol–water partition coefficient (Wildman–Crippen LogP) is 4.56. The Labute approximate surface area is 125 Å². The van der Waals surface area contributed by atoms with Crippen molar-refractivity contribution in [3.63, 3.8) is 0 Å². The molecule has 0 saturated carbocycles. The molecule has 0 spiro atoms. The molecule has 0 bridgehead atoms. The van der Waals surface area contributed by atoms with E-state index in [9.17, 15) is 14.5 Å². The summed E-state index contributed by atoms with van der Waals surface area (Å²) in [5.74, 6) is -0.591. The zero-order chi connectivity index (χ0) is 15.4. The third-order valence-electron chi connectivity index (χ3n) is 2.78. The smallest absolute Gasteiger partial charge is 0.315 e. The van der Waals surface area contributed by atoms with Crippen LogP contribution in [0.3, 0.4) is 0 Å². The molecule has 0 unspecified atom stereocenters. The Hall–Kier alpha value is -2.34. The molecule has 0 radical (unpaired) electrons. The van der Waals surface area contributed by atoms with Crippen molar-refractivity contribution in [3.05, 3.63) is 57.4 Å². The van der Waals surface area contributed by atoms with Crippen LogP contribution in [0.1, 0.15) is 6.92 Å². The first kappa shape index (κ1) is 15.1. The maximum atomic E-state index is 13.4. The molecule has 5 nitrogen and oxygen atoms in total. The van der Waals surface area contributed by atoms with Crippen molar-refractivity contribution in [2.24, 2.45) is 0 Å². The van der Waals surface area contributed by atoms with Gasteiger partial charge in [0.1, 0.15) is 17.2 Å². The molecule has 2 rings (SSSR count). The zero-order valence-corrected chi connectivity index (χ0v) is 11.9. The van der Waals surface area contributed by atoms with E-state index in [0.717, 1.165) is 0 Å². The lowest BCUT2D eigenvalue weighted by atomic mass is 10.2. The van der Waals surface area contributed by atoms with E-state index in [1.807, 2.05) is 6.92 Å². The summed E-state index contributed by atoms with van der Waals surface area (Å²) in [4.78, 5) is 10.8. The van der Waals surface area contributed by atoms with Gasteiger partial charge in [0.2, 0.25) is 0 Å². The lowest BCUT2D eigenvalue weighted by Gasteiger charge is -2.11. The van der Waals surface area contributed by atoms with E-state index in [4.69, 9.17) is 11.6 Å². The number of anilines is 3. The molecule has 0 aliphatic heterocycles. The normalized spacial score (nSPS) is 10.2. The summed E-state index contributed by atoms with van der Waals surface area (Å²) < 4.78 is 13.4. The zero-order valence-electron chi connectivity index (χ0n) is 11.2. The quantitative estimate of drug-likeness (QED) is 0.627. The van der Waals surface area contributed by atoms with Gasteiger partial charge in [-0.15, -0.1) is 0 Å². The lowest BCUT2D eigenvalue weighted by molar-refractivity contribution is -0.383. The Morgan fingerprint density at radius 3 is 2.62 bits per heavy atom. The molecule has 110 valence electrons. The summed E-state index contributed by atoms with van der Waals surface area (Å²) in [6, 6.07) is 8.99. The number of nitro benzene ring substituents is 1. The second-order valence-electron chi connectivity index (χ2n) is 4.24. The second-order valence-corrected chi connectivity index (χ2v) is 4.65. The molecule has 2 N–H and O–H groups in total. The Balaban J connectivity index is 2.41. The molecule has 0 amide bonds. The Kier molecular flexibility index (Phi) is 4.59. The fourth-order valence-corrected chi connectivity index (χ4v) is 2.02. The third kappa shape index (κ3) is 3.41. The van der Waals surface area contributed by atoms with Crippen LogP contribution in [0, 0.1) is 15.9 Å². The van der Waals surface area contributed by atoms with Crippen LogP contribution in [0.2, 0.25) is 5.02 Å². The highest BCUT2D eigenvalue weighted by molar-refractivity contribution is 6.30. The molecule has 2 aromatic rings. The SMILES string of the molecule is CCNc1cccc(Nc2ccc(Cl)c(F)c2)c1[N+](=O)[O-]. The Bertz CT molecular complexity index is 679. The monoisotopic (exact) mass is 309 g/mol. The van der Waals surface area contributed by atoms with Crippen molar-refractivity contribution >= 4 is 34.4 Å². The van der Waals surface area contributed by atoms with Crippen LogP contribution in [0.4, 0.5) is 27.1 Å². The van der Waals surface area contributed by atoms with Crippen molar-refractivity contribution in [1.29, 1.82) is 0 Å². The molecule has 2 aromatic carbocycles. The number of benzene rings is 2. The Morgan fingerprint density at radius 2 is 2.00 bits per heavy atom. The number of hydrogen-bond acceptors (Lipinski definition) is 4. The van der Waals surface area contributed by atoms with Crippen molar-refractivity contribution < 1.29 is 9.31 Å². The fraction of sp³-hybridized carbons (Fsp3) is 0.143. The fourth-order valence-electron chi connectivity index (χ4n) is 1.90. The highest BCUT2D eigenvalue weighted by atomic mass is 35.5. The molecular formula is C14H13ClFN3O2. The van der Waals surface area contributed by atoms with Crippen LogP contribution >= 0.6 is 11.6 Å². The molecule has 0 aliphatic carbocycles. The van der Waals surface area contributed by atoms with E-state index >= 15 is 0 Å². The number of nitrogens with zero attached hydrogens (tertiary/aromatic N) is 1. The molecule has 0 aromatic heterocycles. The van der Waals surface area contributed by atoms with Gasteiger partial charge in [-0.3, -0.25) is 10.1 Å². The molecule has 0 atom stereocenters. The maximum Gasteiger partial charge on any atom is 0.315 e. The van der Waals surface area contributed by atoms with E-state index in [0.29, 0.717) is 17.9 Å². The van der Waals surface area contributed by atoms with Crippen LogP contribution in [0.15, 0.2) is 36.4 Å². The topological polar surface area (TPSA) is 67.2 Å². The van der Waals surface area contributed by atoms with Crippen LogP contribution < -0.4 is 10.6 Å². The first-order chi connectivity index (χ1) is 10.0. The van der Waals surface area contributed by atoms with Crippen LogP contribution in [-0.2, 0) is 0 Å². The van der Waals surface area contributed by atoms with Gasteiger partial charge >= 0.3 is 5.69 Å². The van der Waals surface area contributed by atoms with Gasteiger partial charge in [-0.25, -0.2) is 4.39 Å². The molecule has 0 saturated heterocycles. The number of nitro groups is 1. The van der Waals surface area contributed by atoms with Gasteiger partial charge in [0.25, 0.3) is 0 Å². The molecule has 7 heteroatoms. The first-order valence-corrected chi connectivity index (χ1v) is 6.64. The van der Waals surface area contributed by atoms with Crippen molar-refractivity contribution in [2.75, 3.05) is 17.2 Å². The first-order valence-electron chi connectivity index (χ1n) is 6.26. The average Bonchev–Trinajstić information content (AvgIpc) is 2.43. The predicted molar refractivity (Wildman–Crippen MR) is 82.0 cm³/mol. The Morgan fingerprint density at radius 1 is 1.29 bits per heavy atom. The minimum atomic E-state index is -0.591. The number of nitrogens with one attached hydrogen (secondary N) is 2. The number of rotatable bonds is 5. The lowest BCUT2D eigenvalue weighted by Crippen LogP contribution is -2.04. The largest absolute Gasteiger partial charge is 0.380 e. The highest BCUT2D eigenvalue weighted by Crippen LogP contribution is 2.35. The standard InChI is InChI=1S/C14H13ClFN3O2/c1-2-17-12-4-3-5-13(14(12)19(20)21)18-9-6-7-10(15)11(16)8-9/h3-8,17-18H,2H2,1H3.